The third-order valence-corrected chi connectivity index (χ3v) is 5.95. The normalized spacial score (nSPS) is 18.2. The number of hydrogen-bond donors (Lipinski definition) is 0. The van der Waals surface area contributed by atoms with Crippen molar-refractivity contribution in [2.45, 2.75) is 58.7 Å². The Kier molecular flexibility index (Phi) is 8.14. The van der Waals surface area contributed by atoms with E-state index < -0.39 is 0 Å². The Morgan fingerprint density at radius 1 is 0.938 bits per heavy atom. The van der Waals surface area contributed by atoms with E-state index in [4.69, 9.17) is 9.47 Å². The van der Waals surface area contributed by atoms with Gasteiger partial charge in [-0.3, -0.25) is 9.59 Å². The Morgan fingerprint density at radius 3 is 2.09 bits per heavy atom. The average Bonchev–Trinajstić information content (AvgIpc) is 2.79. The van der Waals surface area contributed by atoms with Crippen LogP contribution < -0.4 is 9.47 Å². The third kappa shape index (κ3) is 6.02. The lowest BCUT2D eigenvalue weighted by Crippen LogP contribution is -2.49. The van der Waals surface area contributed by atoms with Gasteiger partial charge in [0, 0.05) is 31.2 Å². The van der Waals surface area contributed by atoms with E-state index in [0.717, 1.165) is 30.6 Å². The first-order valence-electron chi connectivity index (χ1n) is 11.4. The third-order valence-electron chi connectivity index (χ3n) is 5.95. The van der Waals surface area contributed by atoms with Crippen molar-refractivity contribution < 1.29 is 19.1 Å². The van der Waals surface area contributed by atoms with E-state index >= 15 is 0 Å². The fraction of sp³-hybridized carbons (Fsp3) is 0.462. The van der Waals surface area contributed by atoms with Gasteiger partial charge in [0.05, 0.1) is 6.61 Å². The molecule has 2 unspecified atom stereocenters. The summed E-state index contributed by atoms with van der Waals surface area (Å²) in [6.07, 6.45) is 3.24. The molecule has 0 spiro atoms. The van der Waals surface area contributed by atoms with Gasteiger partial charge in [-0.25, -0.2) is 0 Å². The molecule has 3 rings (SSSR count). The molecule has 1 aliphatic rings. The second kappa shape index (κ2) is 11.0. The van der Waals surface area contributed by atoms with Crippen molar-refractivity contribution >= 4 is 11.8 Å². The predicted molar refractivity (Wildman–Crippen MR) is 125 cm³/mol. The van der Waals surface area contributed by atoms with Gasteiger partial charge in [0.25, 0.3) is 11.8 Å². The standard InChI is InChI=1S/C26H34N2O4/c1-5-31-23-13-9-21(10-14-23)17-27(4)26(30)22-11-15-24(16-12-22)32-18-25(29)28-19(2)7-6-8-20(28)3/h9-16,19-20H,5-8,17-18H2,1-4H3. The van der Waals surface area contributed by atoms with Crippen LogP contribution in [0.3, 0.4) is 0 Å². The van der Waals surface area contributed by atoms with E-state index in [-0.39, 0.29) is 30.5 Å². The van der Waals surface area contributed by atoms with Gasteiger partial charge < -0.3 is 19.3 Å². The smallest absolute Gasteiger partial charge is 0.260 e. The van der Waals surface area contributed by atoms with Crippen molar-refractivity contribution in [3.05, 3.63) is 59.7 Å². The van der Waals surface area contributed by atoms with Gasteiger partial charge in [0.1, 0.15) is 11.5 Å². The summed E-state index contributed by atoms with van der Waals surface area (Å²) in [6.45, 7) is 7.28. The molecule has 32 heavy (non-hydrogen) atoms. The first-order valence-corrected chi connectivity index (χ1v) is 11.4. The number of ether oxygens (including phenoxy) is 2. The molecule has 0 aliphatic carbocycles. The van der Waals surface area contributed by atoms with Crippen molar-refractivity contribution in [3.8, 4) is 11.5 Å². The van der Waals surface area contributed by atoms with Crippen LogP contribution >= 0.6 is 0 Å². The fourth-order valence-electron chi connectivity index (χ4n) is 4.25. The number of carbonyl (C=O) groups excluding carboxylic acids is 2. The van der Waals surface area contributed by atoms with Crippen LogP contribution in [-0.4, -0.2) is 54.0 Å². The van der Waals surface area contributed by atoms with Crippen LogP contribution in [0.25, 0.3) is 0 Å². The van der Waals surface area contributed by atoms with Crippen LogP contribution in [0.2, 0.25) is 0 Å². The minimum absolute atomic E-state index is 0.0135. The van der Waals surface area contributed by atoms with Crippen LogP contribution in [-0.2, 0) is 11.3 Å². The lowest BCUT2D eigenvalue weighted by molar-refractivity contribution is -0.139. The molecular formula is C26H34N2O4. The van der Waals surface area contributed by atoms with Crippen molar-refractivity contribution in [1.29, 1.82) is 0 Å². The molecule has 2 atom stereocenters. The SMILES string of the molecule is CCOc1ccc(CN(C)C(=O)c2ccc(OCC(=O)N3C(C)CCCC3C)cc2)cc1. The highest BCUT2D eigenvalue weighted by atomic mass is 16.5. The largest absolute Gasteiger partial charge is 0.494 e. The summed E-state index contributed by atoms with van der Waals surface area (Å²) in [6, 6.07) is 15.2. The second-order valence-corrected chi connectivity index (χ2v) is 8.48. The molecule has 1 fully saturated rings. The first kappa shape index (κ1) is 23.6. The van der Waals surface area contributed by atoms with E-state index in [0.29, 0.717) is 24.5 Å². The van der Waals surface area contributed by atoms with Crippen molar-refractivity contribution in [2.24, 2.45) is 0 Å². The Bertz CT molecular complexity index is 885. The van der Waals surface area contributed by atoms with E-state index in [1.54, 1.807) is 36.2 Å². The molecule has 2 aromatic carbocycles. The van der Waals surface area contributed by atoms with Crippen LogP contribution in [0.4, 0.5) is 0 Å². The molecule has 6 heteroatoms. The molecule has 172 valence electrons. The summed E-state index contributed by atoms with van der Waals surface area (Å²) in [5.74, 6) is 1.35. The molecular weight excluding hydrogens is 404 g/mol. The number of hydrogen-bond acceptors (Lipinski definition) is 4. The van der Waals surface area contributed by atoms with E-state index in [1.165, 1.54) is 0 Å². The molecule has 1 aliphatic heterocycles. The minimum atomic E-state index is -0.0718. The highest BCUT2D eigenvalue weighted by molar-refractivity contribution is 5.94. The average molecular weight is 439 g/mol. The molecule has 0 bridgehead atoms. The Balaban J connectivity index is 1.52. The minimum Gasteiger partial charge on any atom is -0.494 e. The maximum absolute atomic E-state index is 12.8. The Morgan fingerprint density at radius 2 is 1.50 bits per heavy atom. The number of piperidine rings is 1. The molecule has 0 aromatic heterocycles. The molecule has 1 saturated heterocycles. The van der Waals surface area contributed by atoms with Gasteiger partial charge in [-0.1, -0.05) is 12.1 Å². The fourth-order valence-corrected chi connectivity index (χ4v) is 4.25. The van der Waals surface area contributed by atoms with Crippen LogP contribution in [0, 0.1) is 0 Å². The molecule has 0 radical (unpaired) electrons. The van der Waals surface area contributed by atoms with Crippen LogP contribution in [0.15, 0.2) is 48.5 Å². The van der Waals surface area contributed by atoms with Crippen LogP contribution in [0.1, 0.15) is 56.0 Å². The van der Waals surface area contributed by atoms with Gasteiger partial charge in [-0.2, -0.15) is 0 Å². The number of rotatable bonds is 8. The highest BCUT2D eigenvalue weighted by Crippen LogP contribution is 2.23. The number of amides is 2. The second-order valence-electron chi connectivity index (χ2n) is 8.48. The summed E-state index contributed by atoms with van der Waals surface area (Å²) in [5, 5.41) is 0. The quantitative estimate of drug-likeness (QED) is 0.608. The van der Waals surface area contributed by atoms with Crippen LogP contribution in [0.5, 0.6) is 11.5 Å². The molecule has 6 nitrogen and oxygen atoms in total. The monoisotopic (exact) mass is 438 g/mol. The summed E-state index contributed by atoms with van der Waals surface area (Å²) >= 11 is 0. The lowest BCUT2D eigenvalue weighted by Gasteiger charge is -2.38. The molecule has 0 N–H and O–H groups in total. The van der Waals surface area contributed by atoms with E-state index in [9.17, 15) is 9.59 Å². The maximum Gasteiger partial charge on any atom is 0.260 e. The molecule has 1 heterocycles. The zero-order valence-corrected chi connectivity index (χ0v) is 19.5. The molecule has 2 amide bonds. The molecule has 2 aromatic rings. The number of benzene rings is 2. The van der Waals surface area contributed by atoms with Crippen molar-refractivity contribution in [2.75, 3.05) is 20.3 Å². The lowest BCUT2D eigenvalue weighted by atomic mass is 9.97. The zero-order chi connectivity index (χ0) is 23.1. The molecule has 0 saturated carbocycles. The summed E-state index contributed by atoms with van der Waals surface area (Å²) in [4.78, 5) is 29.0. The van der Waals surface area contributed by atoms with E-state index in [1.807, 2.05) is 36.1 Å². The summed E-state index contributed by atoms with van der Waals surface area (Å²) in [7, 11) is 1.78. The predicted octanol–water partition coefficient (Wildman–Crippen LogP) is 4.53. The van der Waals surface area contributed by atoms with Crippen molar-refractivity contribution in [3.63, 3.8) is 0 Å². The van der Waals surface area contributed by atoms with Gasteiger partial charge >= 0.3 is 0 Å². The zero-order valence-electron chi connectivity index (χ0n) is 19.5. The highest BCUT2D eigenvalue weighted by Gasteiger charge is 2.29. The van der Waals surface area contributed by atoms with Crippen molar-refractivity contribution in [1.82, 2.24) is 9.80 Å². The van der Waals surface area contributed by atoms with Gasteiger partial charge in [0.2, 0.25) is 0 Å². The summed E-state index contributed by atoms with van der Waals surface area (Å²) in [5.41, 5.74) is 1.61. The first-order chi connectivity index (χ1) is 15.4. The van der Waals surface area contributed by atoms with Gasteiger partial charge in [-0.15, -0.1) is 0 Å². The van der Waals surface area contributed by atoms with E-state index in [2.05, 4.69) is 13.8 Å². The number of carbonyl (C=O) groups is 2. The number of nitrogens with zero attached hydrogens (tertiary/aromatic N) is 2. The van der Waals surface area contributed by atoms with Gasteiger partial charge in [0.15, 0.2) is 6.61 Å². The Labute approximate surface area is 191 Å². The van der Waals surface area contributed by atoms with Gasteiger partial charge in [-0.05, 0) is 82.0 Å². The summed E-state index contributed by atoms with van der Waals surface area (Å²) < 4.78 is 11.2. The number of likely N-dealkylation sites (tertiary alicyclic amines) is 1. The Hall–Kier alpha value is -3.02. The topological polar surface area (TPSA) is 59.1 Å². The maximum atomic E-state index is 12.8.